The first-order valence-corrected chi connectivity index (χ1v) is 9.44. The summed E-state index contributed by atoms with van der Waals surface area (Å²) in [6.07, 6.45) is 3.53. The van der Waals surface area contributed by atoms with E-state index in [9.17, 15) is 9.18 Å². The van der Waals surface area contributed by atoms with Crippen LogP contribution in [0.2, 0.25) is 5.02 Å². The van der Waals surface area contributed by atoms with Crippen LogP contribution < -0.4 is 0 Å². The van der Waals surface area contributed by atoms with Crippen LogP contribution in [0.15, 0.2) is 47.1 Å². The Morgan fingerprint density at radius 2 is 2.21 bits per heavy atom. The third kappa shape index (κ3) is 4.04. The average Bonchev–Trinajstić information content (AvgIpc) is 3.21. The minimum absolute atomic E-state index is 0.00241. The van der Waals surface area contributed by atoms with Crippen molar-refractivity contribution in [2.45, 2.75) is 25.2 Å². The van der Waals surface area contributed by atoms with E-state index in [4.69, 9.17) is 16.1 Å². The molecule has 144 valence electrons. The normalized spacial score (nSPS) is 16.9. The fraction of sp³-hybridized carbons (Fsp3) is 0.300. The lowest BCUT2D eigenvalue weighted by Gasteiger charge is -2.31. The molecule has 4 rings (SSSR count). The third-order valence-corrected chi connectivity index (χ3v) is 5.17. The van der Waals surface area contributed by atoms with E-state index in [2.05, 4.69) is 15.1 Å². The van der Waals surface area contributed by atoms with Crippen LogP contribution >= 0.6 is 11.6 Å². The predicted molar refractivity (Wildman–Crippen MR) is 101 cm³/mol. The van der Waals surface area contributed by atoms with Crippen molar-refractivity contribution in [3.8, 4) is 11.6 Å². The molecule has 1 fully saturated rings. The number of hydrogen-bond donors (Lipinski definition) is 0. The van der Waals surface area contributed by atoms with Gasteiger partial charge in [-0.3, -0.25) is 9.78 Å². The van der Waals surface area contributed by atoms with E-state index in [-0.39, 0.29) is 23.3 Å². The van der Waals surface area contributed by atoms with Crippen molar-refractivity contribution in [2.24, 2.45) is 0 Å². The summed E-state index contributed by atoms with van der Waals surface area (Å²) < 4.78 is 18.5. The topological polar surface area (TPSA) is 72.1 Å². The highest BCUT2D eigenvalue weighted by Crippen LogP contribution is 2.27. The second-order valence-corrected chi connectivity index (χ2v) is 7.17. The van der Waals surface area contributed by atoms with E-state index in [0.29, 0.717) is 36.1 Å². The van der Waals surface area contributed by atoms with E-state index in [1.54, 1.807) is 23.2 Å². The van der Waals surface area contributed by atoms with Gasteiger partial charge in [-0.1, -0.05) is 28.9 Å². The summed E-state index contributed by atoms with van der Waals surface area (Å²) in [4.78, 5) is 23.2. The second-order valence-electron chi connectivity index (χ2n) is 6.76. The van der Waals surface area contributed by atoms with Crippen LogP contribution in [0, 0.1) is 5.82 Å². The van der Waals surface area contributed by atoms with E-state index in [1.165, 1.54) is 12.1 Å². The summed E-state index contributed by atoms with van der Waals surface area (Å²) in [5, 5.41) is 4.35. The van der Waals surface area contributed by atoms with Crippen molar-refractivity contribution in [1.82, 2.24) is 20.0 Å². The Balaban J connectivity index is 1.44. The number of rotatable bonds is 4. The minimum Gasteiger partial charge on any atom is -0.342 e. The molecule has 0 bridgehead atoms. The van der Waals surface area contributed by atoms with E-state index < -0.39 is 5.82 Å². The smallest absolute Gasteiger partial charge is 0.276 e. The summed E-state index contributed by atoms with van der Waals surface area (Å²) in [5.74, 6) is 0.490. The lowest BCUT2D eigenvalue weighted by molar-refractivity contribution is -0.131. The monoisotopic (exact) mass is 400 g/mol. The lowest BCUT2D eigenvalue weighted by Crippen LogP contribution is -2.40. The standard InChI is InChI=1S/C20H18ClFN4O2/c21-16-11-15(22)7-6-13(16)10-18(27)26-9-3-4-14(12-26)19-24-20(28-25-19)17-5-1-2-8-23-17/h1-2,5-8,11,14H,3-4,9-10,12H2/t14-/m0/s1. The third-order valence-electron chi connectivity index (χ3n) is 4.82. The van der Waals surface area contributed by atoms with Gasteiger partial charge in [0.1, 0.15) is 11.5 Å². The highest BCUT2D eigenvalue weighted by Gasteiger charge is 2.28. The number of pyridine rings is 1. The molecule has 8 heteroatoms. The summed E-state index contributed by atoms with van der Waals surface area (Å²) in [6.45, 7) is 1.18. The number of halogens is 2. The molecule has 2 aromatic heterocycles. The highest BCUT2D eigenvalue weighted by atomic mass is 35.5. The Bertz CT molecular complexity index is 979. The molecule has 0 aliphatic carbocycles. The van der Waals surface area contributed by atoms with Crippen LogP contribution in [-0.2, 0) is 11.2 Å². The molecule has 1 atom stereocenters. The van der Waals surface area contributed by atoms with E-state index in [1.807, 2.05) is 12.1 Å². The number of aromatic nitrogens is 3. The van der Waals surface area contributed by atoms with Crippen molar-refractivity contribution < 1.29 is 13.7 Å². The molecule has 0 radical (unpaired) electrons. The molecule has 1 saturated heterocycles. The van der Waals surface area contributed by atoms with Gasteiger partial charge < -0.3 is 9.42 Å². The number of carbonyl (C=O) groups excluding carboxylic acids is 1. The maximum Gasteiger partial charge on any atom is 0.276 e. The first-order chi connectivity index (χ1) is 13.6. The maximum atomic E-state index is 13.2. The lowest BCUT2D eigenvalue weighted by atomic mass is 9.96. The van der Waals surface area contributed by atoms with Crippen molar-refractivity contribution in [3.05, 3.63) is 64.8 Å². The molecule has 6 nitrogen and oxygen atoms in total. The fourth-order valence-electron chi connectivity index (χ4n) is 3.35. The molecule has 3 aromatic rings. The van der Waals surface area contributed by atoms with Crippen LogP contribution in [0.3, 0.4) is 0 Å². The van der Waals surface area contributed by atoms with Gasteiger partial charge in [-0.15, -0.1) is 0 Å². The van der Waals surface area contributed by atoms with E-state index >= 15 is 0 Å². The minimum atomic E-state index is -0.417. The number of nitrogens with zero attached hydrogens (tertiary/aromatic N) is 4. The van der Waals surface area contributed by atoms with Crippen molar-refractivity contribution in [3.63, 3.8) is 0 Å². The zero-order valence-electron chi connectivity index (χ0n) is 15.0. The van der Waals surface area contributed by atoms with Gasteiger partial charge in [0.05, 0.1) is 6.42 Å². The Hall–Kier alpha value is -2.80. The van der Waals surface area contributed by atoms with Gasteiger partial charge in [-0.2, -0.15) is 4.98 Å². The predicted octanol–water partition coefficient (Wildman–Crippen LogP) is 3.87. The fourth-order valence-corrected chi connectivity index (χ4v) is 3.58. The summed E-state index contributed by atoms with van der Waals surface area (Å²) in [5.41, 5.74) is 1.24. The van der Waals surface area contributed by atoms with Crippen LogP contribution in [0.1, 0.15) is 30.1 Å². The summed E-state index contributed by atoms with van der Waals surface area (Å²) >= 11 is 6.05. The molecule has 1 amide bonds. The molecule has 3 heterocycles. The second kappa shape index (κ2) is 8.06. The Kier molecular flexibility index (Phi) is 5.34. The quantitative estimate of drug-likeness (QED) is 0.664. The van der Waals surface area contributed by atoms with Crippen molar-refractivity contribution in [2.75, 3.05) is 13.1 Å². The van der Waals surface area contributed by atoms with Gasteiger partial charge in [0.2, 0.25) is 5.91 Å². The molecule has 28 heavy (non-hydrogen) atoms. The molecule has 0 unspecified atom stereocenters. The number of likely N-dealkylation sites (tertiary alicyclic amines) is 1. The van der Waals surface area contributed by atoms with Gasteiger partial charge in [0.15, 0.2) is 5.82 Å². The number of amides is 1. The zero-order chi connectivity index (χ0) is 19.5. The Labute approximate surface area is 166 Å². The van der Waals surface area contributed by atoms with Crippen LogP contribution in [0.4, 0.5) is 4.39 Å². The van der Waals surface area contributed by atoms with Crippen molar-refractivity contribution >= 4 is 17.5 Å². The molecule has 0 saturated carbocycles. The SMILES string of the molecule is O=C(Cc1ccc(F)cc1Cl)N1CCC[C@H](c2noc(-c3ccccn3)n2)C1. The van der Waals surface area contributed by atoms with Crippen LogP contribution in [-0.4, -0.2) is 39.0 Å². The van der Waals surface area contributed by atoms with Crippen molar-refractivity contribution in [1.29, 1.82) is 0 Å². The molecule has 1 aliphatic rings. The van der Waals surface area contributed by atoms with Crippen LogP contribution in [0.5, 0.6) is 0 Å². The Morgan fingerprint density at radius 3 is 3.00 bits per heavy atom. The molecule has 0 spiro atoms. The summed E-state index contributed by atoms with van der Waals surface area (Å²) in [7, 11) is 0. The average molecular weight is 401 g/mol. The number of carbonyl (C=O) groups is 1. The number of hydrogen-bond acceptors (Lipinski definition) is 5. The number of benzene rings is 1. The van der Waals surface area contributed by atoms with Gasteiger partial charge in [-0.25, -0.2) is 4.39 Å². The van der Waals surface area contributed by atoms with Gasteiger partial charge in [0.25, 0.3) is 5.89 Å². The number of piperidine rings is 1. The molecular weight excluding hydrogens is 383 g/mol. The largest absolute Gasteiger partial charge is 0.342 e. The van der Waals surface area contributed by atoms with Gasteiger partial charge >= 0.3 is 0 Å². The van der Waals surface area contributed by atoms with Gasteiger partial charge in [0, 0.05) is 30.2 Å². The molecular formula is C20H18ClFN4O2. The van der Waals surface area contributed by atoms with Gasteiger partial charge in [-0.05, 0) is 42.7 Å². The molecule has 1 aliphatic heterocycles. The van der Waals surface area contributed by atoms with Crippen LogP contribution in [0.25, 0.3) is 11.6 Å². The molecule has 1 aromatic carbocycles. The molecule has 0 N–H and O–H groups in total. The maximum absolute atomic E-state index is 13.2. The zero-order valence-corrected chi connectivity index (χ0v) is 15.8. The summed E-state index contributed by atoms with van der Waals surface area (Å²) in [6, 6.07) is 9.57. The first-order valence-electron chi connectivity index (χ1n) is 9.07. The highest BCUT2D eigenvalue weighted by molar-refractivity contribution is 6.31. The Morgan fingerprint density at radius 1 is 1.32 bits per heavy atom. The van der Waals surface area contributed by atoms with E-state index in [0.717, 1.165) is 12.8 Å². The first kappa shape index (κ1) is 18.6.